The summed E-state index contributed by atoms with van der Waals surface area (Å²) in [6, 6.07) is 17.7. The van der Waals surface area contributed by atoms with Crippen molar-refractivity contribution in [2.75, 3.05) is 5.73 Å². The summed E-state index contributed by atoms with van der Waals surface area (Å²) < 4.78 is 0. The first-order valence-corrected chi connectivity index (χ1v) is 9.14. The number of nitrogen functional groups attached to an aromatic ring is 1. The summed E-state index contributed by atoms with van der Waals surface area (Å²) in [5.74, 6) is 1.73. The van der Waals surface area contributed by atoms with Crippen molar-refractivity contribution in [1.29, 1.82) is 0 Å². The second-order valence-corrected chi connectivity index (χ2v) is 7.29. The molecule has 1 aliphatic carbocycles. The lowest BCUT2D eigenvalue weighted by Crippen LogP contribution is -2.10. The van der Waals surface area contributed by atoms with Gasteiger partial charge in [-0.05, 0) is 72.8 Å². The fourth-order valence-electron chi connectivity index (χ4n) is 3.73. The van der Waals surface area contributed by atoms with Crippen LogP contribution in [0.25, 0.3) is 0 Å². The van der Waals surface area contributed by atoms with Gasteiger partial charge in [0.2, 0.25) is 0 Å². The van der Waals surface area contributed by atoms with Gasteiger partial charge in [0.1, 0.15) is 0 Å². The van der Waals surface area contributed by atoms with E-state index >= 15 is 0 Å². The van der Waals surface area contributed by atoms with E-state index in [1.165, 1.54) is 43.2 Å². The van der Waals surface area contributed by atoms with Crippen molar-refractivity contribution in [3.05, 3.63) is 65.2 Å². The average molecular weight is 307 g/mol. The molecule has 1 nitrogen and oxygen atoms in total. The largest absolute Gasteiger partial charge is 0.399 e. The van der Waals surface area contributed by atoms with Gasteiger partial charge in [0.05, 0.1) is 0 Å². The third kappa shape index (κ3) is 4.60. The minimum atomic E-state index is 0.801. The third-order valence-corrected chi connectivity index (χ3v) is 5.38. The van der Waals surface area contributed by atoms with Gasteiger partial charge in [-0.2, -0.15) is 0 Å². The van der Waals surface area contributed by atoms with E-state index in [1.807, 2.05) is 12.1 Å². The van der Waals surface area contributed by atoms with Crippen LogP contribution in [0.15, 0.2) is 48.5 Å². The quantitative estimate of drug-likeness (QED) is 0.700. The Morgan fingerprint density at radius 1 is 0.783 bits per heavy atom. The number of aryl methyl sites for hydroxylation is 2. The van der Waals surface area contributed by atoms with Gasteiger partial charge in [-0.1, -0.05) is 56.2 Å². The predicted molar refractivity (Wildman–Crippen MR) is 99.7 cm³/mol. The summed E-state index contributed by atoms with van der Waals surface area (Å²) in [7, 11) is 0. The van der Waals surface area contributed by atoms with E-state index in [1.54, 1.807) is 5.56 Å². The van der Waals surface area contributed by atoms with Crippen LogP contribution in [0.1, 0.15) is 61.6 Å². The first-order chi connectivity index (χ1) is 11.2. The van der Waals surface area contributed by atoms with Crippen molar-refractivity contribution in [3.8, 4) is 0 Å². The Morgan fingerprint density at radius 2 is 1.30 bits per heavy atom. The maximum Gasteiger partial charge on any atom is 0.0314 e. The van der Waals surface area contributed by atoms with Gasteiger partial charge in [0.25, 0.3) is 0 Å². The van der Waals surface area contributed by atoms with Crippen molar-refractivity contribution >= 4 is 5.69 Å². The fraction of sp³-hybridized carbons (Fsp3) is 0.455. The first kappa shape index (κ1) is 16.1. The van der Waals surface area contributed by atoms with Gasteiger partial charge < -0.3 is 5.73 Å². The molecule has 2 N–H and O–H groups in total. The molecule has 0 radical (unpaired) electrons. The highest BCUT2D eigenvalue weighted by Gasteiger charge is 2.19. The molecular formula is C22H29N. The lowest BCUT2D eigenvalue weighted by Gasteiger charge is -2.26. The number of anilines is 1. The Balaban J connectivity index is 1.48. The van der Waals surface area contributed by atoms with E-state index in [0.29, 0.717) is 0 Å². The molecule has 23 heavy (non-hydrogen) atoms. The van der Waals surface area contributed by atoms with E-state index in [0.717, 1.165) is 30.4 Å². The summed E-state index contributed by atoms with van der Waals surface area (Å²) in [4.78, 5) is 0. The van der Waals surface area contributed by atoms with Crippen molar-refractivity contribution in [2.24, 2.45) is 5.92 Å². The van der Waals surface area contributed by atoms with E-state index in [9.17, 15) is 0 Å². The highest BCUT2D eigenvalue weighted by atomic mass is 14.5. The van der Waals surface area contributed by atoms with Crippen LogP contribution in [-0.2, 0) is 12.8 Å². The Morgan fingerprint density at radius 3 is 1.87 bits per heavy atom. The smallest absolute Gasteiger partial charge is 0.0314 e. The molecule has 1 heteroatoms. The van der Waals surface area contributed by atoms with E-state index in [2.05, 4.69) is 43.3 Å². The van der Waals surface area contributed by atoms with Crippen LogP contribution in [0.4, 0.5) is 5.69 Å². The Bertz CT molecular complexity index is 589. The standard InChI is InChI=1S/C22H29N/c1-17-5-11-20(12-6-17)21-13-7-18(8-14-21)3-2-4-19-9-15-22(23)16-10-19/h7-10,13-17,20H,2-6,11-12,23H2,1H3. The van der Waals surface area contributed by atoms with Crippen molar-refractivity contribution in [1.82, 2.24) is 0 Å². The van der Waals surface area contributed by atoms with Gasteiger partial charge >= 0.3 is 0 Å². The van der Waals surface area contributed by atoms with E-state index in [4.69, 9.17) is 5.73 Å². The Hall–Kier alpha value is -1.76. The second kappa shape index (κ2) is 7.68. The third-order valence-electron chi connectivity index (χ3n) is 5.38. The molecule has 0 bridgehead atoms. The molecule has 3 rings (SSSR count). The van der Waals surface area contributed by atoms with Crippen molar-refractivity contribution < 1.29 is 0 Å². The maximum absolute atomic E-state index is 5.73. The normalized spacial score (nSPS) is 21.3. The zero-order valence-corrected chi connectivity index (χ0v) is 14.3. The number of rotatable bonds is 5. The van der Waals surface area contributed by atoms with Crippen molar-refractivity contribution in [3.63, 3.8) is 0 Å². The molecule has 0 unspecified atom stereocenters. The van der Waals surface area contributed by atoms with Crippen LogP contribution in [-0.4, -0.2) is 0 Å². The summed E-state index contributed by atoms with van der Waals surface area (Å²) in [5, 5.41) is 0. The van der Waals surface area contributed by atoms with Crippen LogP contribution >= 0.6 is 0 Å². The second-order valence-electron chi connectivity index (χ2n) is 7.29. The Labute approximate surface area is 140 Å². The number of hydrogen-bond acceptors (Lipinski definition) is 1. The van der Waals surface area contributed by atoms with Crippen LogP contribution in [0.3, 0.4) is 0 Å². The molecule has 0 aromatic heterocycles. The number of nitrogens with two attached hydrogens (primary N) is 1. The SMILES string of the molecule is CC1CCC(c2ccc(CCCc3ccc(N)cc3)cc2)CC1. The van der Waals surface area contributed by atoms with Crippen molar-refractivity contribution in [2.45, 2.75) is 57.8 Å². The summed E-state index contributed by atoms with van der Waals surface area (Å²) in [5.41, 5.74) is 11.0. The highest BCUT2D eigenvalue weighted by Crippen LogP contribution is 2.35. The van der Waals surface area contributed by atoms with Gasteiger partial charge in [0, 0.05) is 5.69 Å². The van der Waals surface area contributed by atoms with E-state index < -0.39 is 0 Å². The van der Waals surface area contributed by atoms with Gasteiger partial charge in [-0.25, -0.2) is 0 Å². The van der Waals surface area contributed by atoms with Crippen LogP contribution in [0, 0.1) is 5.92 Å². The molecule has 0 heterocycles. The lowest BCUT2D eigenvalue weighted by atomic mass is 9.79. The molecule has 1 fully saturated rings. The average Bonchev–Trinajstić information content (AvgIpc) is 2.58. The van der Waals surface area contributed by atoms with Crippen LogP contribution < -0.4 is 5.73 Å². The zero-order valence-electron chi connectivity index (χ0n) is 14.3. The molecular weight excluding hydrogens is 278 g/mol. The van der Waals surface area contributed by atoms with Crippen LogP contribution in [0.5, 0.6) is 0 Å². The molecule has 0 saturated heterocycles. The van der Waals surface area contributed by atoms with Gasteiger partial charge in [-0.3, -0.25) is 0 Å². The molecule has 2 aromatic carbocycles. The molecule has 2 aromatic rings. The predicted octanol–water partition coefficient (Wildman–Crippen LogP) is 5.74. The summed E-state index contributed by atoms with van der Waals surface area (Å²) in [6.45, 7) is 2.39. The Kier molecular flexibility index (Phi) is 5.38. The summed E-state index contributed by atoms with van der Waals surface area (Å²) >= 11 is 0. The number of hydrogen-bond donors (Lipinski definition) is 1. The molecule has 0 spiro atoms. The highest BCUT2D eigenvalue weighted by molar-refractivity contribution is 5.39. The molecule has 0 amide bonds. The maximum atomic E-state index is 5.73. The minimum absolute atomic E-state index is 0.801. The zero-order chi connectivity index (χ0) is 16.1. The topological polar surface area (TPSA) is 26.0 Å². The van der Waals surface area contributed by atoms with Gasteiger partial charge in [-0.15, -0.1) is 0 Å². The number of benzene rings is 2. The van der Waals surface area contributed by atoms with Crippen LogP contribution in [0.2, 0.25) is 0 Å². The molecule has 0 aliphatic heterocycles. The molecule has 0 atom stereocenters. The fourth-order valence-corrected chi connectivity index (χ4v) is 3.73. The van der Waals surface area contributed by atoms with Gasteiger partial charge in [0.15, 0.2) is 0 Å². The molecule has 1 aliphatic rings. The lowest BCUT2D eigenvalue weighted by molar-refractivity contribution is 0.348. The molecule has 122 valence electrons. The minimum Gasteiger partial charge on any atom is -0.399 e. The molecule has 1 saturated carbocycles. The van der Waals surface area contributed by atoms with E-state index in [-0.39, 0.29) is 0 Å². The summed E-state index contributed by atoms with van der Waals surface area (Å²) in [6.07, 6.45) is 9.02. The first-order valence-electron chi connectivity index (χ1n) is 9.14. The monoisotopic (exact) mass is 307 g/mol.